The number of carbonyl (C=O) groups excluding carboxylic acids is 1. The molecule has 1 heterocycles. The van der Waals surface area contributed by atoms with Crippen molar-refractivity contribution in [2.75, 3.05) is 5.32 Å². The first-order valence-corrected chi connectivity index (χ1v) is 8.60. The number of terminal acetylenes is 1. The fourth-order valence-corrected chi connectivity index (χ4v) is 2.91. The smallest absolute Gasteiger partial charge is 0.320 e. The lowest BCUT2D eigenvalue weighted by atomic mass is 10.0. The molecule has 2 N–H and O–H groups in total. The summed E-state index contributed by atoms with van der Waals surface area (Å²) in [7, 11) is 0. The number of thiazole rings is 1. The molecule has 0 bridgehead atoms. The van der Waals surface area contributed by atoms with Gasteiger partial charge < -0.3 is 5.32 Å². The van der Waals surface area contributed by atoms with Crippen LogP contribution in [0.2, 0.25) is 0 Å². The molecule has 0 aliphatic rings. The van der Waals surface area contributed by atoms with Gasteiger partial charge in [-0.25, -0.2) is 14.6 Å². The Morgan fingerprint density at radius 2 is 2.00 bits per heavy atom. The summed E-state index contributed by atoms with van der Waals surface area (Å²) in [6.45, 7) is 7.63. The fourth-order valence-electron chi connectivity index (χ4n) is 2.36. The monoisotopic (exact) mass is 358 g/mol. The van der Waals surface area contributed by atoms with Crippen LogP contribution in [0, 0.1) is 18.9 Å². The summed E-state index contributed by atoms with van der Waals surface area (Å²) in [5.41, 5.74) is 3.43. The van der Waals surface area contributed by atoms with E-state index in [1.165, 1.54) is 11.3 Å². The molecule has 5 nitrogen and oxygen atoms in total. The topological polar surface area (TPSA) is 58.4 Å². The number of carbonyl (C=O) groups is 1. The normalized spacial score (nSPS) is 9.77. The molecule has 6 heteroatoms. The highest BCUT2D eigenvalue weighted by Crippen LogP contribution is 2.30. The third-order valence-corrected chi connectivity index (χ3v) is 4.39. The minimum atomic E-state index is -0.346. The molecule has 26 heavy (non-hydrogen) atoms. The van der Waals surface area contributed by atoms with Gasteiger partial charge in [-0.3, -0.25) is 5.32 Å². The Morgan fingerprint density at radius 3 is 2.69 bits per heavy atom. The highest BCUT2D eigenvalue weighted by molar-refractivity contribution is 7.10. The average Bonchev–Trinajstić information content (AvgIpc) is 3.14. The molecule has 0 aliphatic heterocycles. The number of benzene rings is 2. The van der Waals surface area contributed by atoms with E-state index in [1.54, 1.807) is 11.4 Å². The third-order valence-electron chi connectivity index (χ3n) is 3.61. The largest absolute Gasteiger partial charge is 0.334 e. The van der Waals surface area contributed by atoms with Crippen LogP contribution in [0.4, 0.5) is 16.3 Å². The van der Waals surface area contributed by atoms with Gasteiger partial charge in [-0.15, -0.1) is 17.8 Å². The second-order valence-corrected chi connectivity index (χ2v) is 6.17. The maximum atomic E-state index is 11.9. The lowest BCUT2D eigenvalue weighted by Gasteiger charge is -2.08. The van der Waals surface area contributed by atoms with Gasteiger partial charge in [0.05, 0.1) is 6.57 Å². The van der Waals surface area contributed by atoms with E-state index in [9.17, 15) is 4.79 Å². The molecular weight excluding hydrogens is 344 g/mol. The minimum Gasteiger partial charge on any atom is -0.334 e. The van der Waals surface area contributed by atoms with E-state index in [2.05, 4.69) is 26.4 Å². The summed E-state index contributed by atoms with van der Waals surface area (Å²) < 4.78 is 0. The molecule has 2 aromatic carbocycles. The first-order chi connectivity index (χ1) is 12.7. The van der Waals surface area contributed by atoms with Crippen molar-refractivity contribution < 1.29 is 4.79 Å². The van der Waals surface area contributed by atoms with Gasteiger partial charge in [0.25, 0.3) is 0 Å². The average molecular weight is 358 g/mol. The van der Waals surface area contributed by atoms with Crippen LogP contribution in [-0.2, 0) is 6.54 Å². The number of hydrogen-bond donors (Lipinski definition) is 2. The molecule has 126 valence electrons. The maximum Gasteiger partial charge on any atom is 0.320 e. The first-order valence-electron chi connectivity index (χ1n) is 7.72. The Hall–Kier alpha value is -3.61. The Kier molecular flexibility index (Phi) is 5.28. The van der Waals surface area contributed by atoms with Gasteiger partial charge in [0, 0.05) is 11.9 Å². The molecule has 0 saturated carbocycles. The van der Waals surface area contributed by atoms with Crippen LogP contribution in [0.5, 0.6) is 0 Å². The van der Waals surface area contributed by atoms with Crippen molar-refractivity contribution in [1.29, 1.82) is 0 Å². The summed E-state index contributed by atoms with van der Waals surface area (Å²) in [6.07, 6.45) is 5.25. The molecule has 0 radical (unpaired) electrons. The zero-order valence-electron chi connectivity index (χ0n) is 13.7. The van der Waals surface area contributed by atoms with E-state index in [1.807, 2.05) is 42.5 Å². The minimum absolute atomic E-state index is 0.346. The molecule has 0 unspecified atom stereocenters. The molecule has 3 rings (SSSR count). The Morgan fingerprint density at radius 1 is 1.23 bits per heavy atom. The van der Waals surface area contributed by atoms with Crippen molar-refractivity contribution in [3.8, 4) is 23.5 Å². The van der Waals surface area contributed by atoms with E-state index < -0.39 is 0 Å². The zero-order valence-corrected chi connectivity index (χ0v) is 14.5. The van der Waals surface area contributed by atoms with Crippen LogP contribution in [0.15, 0.2) is 53.9 Å². The Labute approximate surface area is 155 Å². The lowest BCUT2D eigenvalue weighted by Crippen LogP contribution is -2.28. The van der Waals surface area contributed by atoms with Gasteiger partial charge in [-0.1, -0.05) is 48.5 Å². The van der Waals surface area contributed by atoms with Gasteiger partial charge in [-0.05, 0) is 22.6 Å². The van der Waals surface area contributed by atoms with Gasteiger partial charge in [0.2, 0.25) is 0 Å². The van der Waals surface area contributed by atoms with E-state index in [4.69, 9.17) is 13.0 Å². The number of urea groups is 1. The lowest BCUT2D eigenvalue weighted by molar-refractivity contribution is 0.251. The van der Waals surface area contributed by atoms with Crippen molar-refractivity contribution in [3.05, 3.63) is 75.9 Å². The number of rotatable bonds is 4. The van der Waals surface area contributed by atoms with Crippen LogP contribution < -0.4 is 10.6 Å². The van der Waals surface area contributed by atoms with Crippen LogP contribution >= 0.6 is 11.3 Å². The number of amides is 2. The number of hydrogen-bond acceptors (Lipinski definition) is 3. The van der Waals surface area contributed by atoms with Crippen LogP contribution in [0.3, 0.4) is 0 Å². The highest BCUT2D eigenvalue weighted by Gasteiger charge is 2.06. The van der Waals surface area contributed by atoms with Crippen molar-refractivity contribution in [2.45, 2.75) is 6.54 Å². The van der Waals surface area contributed by atoms with Crippen LogP contribution in [0.1, 0.15) is 10.6 Å². The predicted octanol–water partition coefficient (Wildman–Crippen LogP) is 4.66. The maximum absolute atomic E-state index is 11.9. The van der Waals surface area contributed by atoms with Crippen molar-refractivity contribution >= 4 is 28.9 Å². The first kappa shape index (κ1) is 17.2. The standard InChI is InChI=1S/C20H14N4OS/c1-3-19-23-18(13-26-19)24-20(25)22-12-14-8-10-15(11-9-14)16-6-4-5-7-17(16)21-2/h1,4-11,13H,12H2,(H2,22,24,25). The van der Waals surface area contributed by atoms with Gasteiger partial charge in [0.15, 0.2) is 10.7 Å². The van der Waals surface area contributed by atoms with E-state index >= 15 is 0 Å². The Balaban J connectivity index is 1.60. The summed E-state index contributed by atoms with van der Waals surface area (Å²) >= 11 is 1.30. The number of nitrogens with zero attached hydrogens (tertiary/aromatic N) is 2. The SMILES string of the molecule is [C-]#[N+]c1ccccc1-c1ccc(CNC(=O)Nc2csc(C#C)n2)cc1. The molecular formula is C20H14N4OS. The predicted molar refractivity (Wildman–Crippen MR) is 104 cm³/mol. The van der Waals surface area contributed by atoms with Gasteiger partial charge in [0.1, 0.15) is 5.82 Å². The summed E-state index contributed by atoms with van der Waals surface area (Å²) in [6, 6.07) is 14.9. The van der Waals surface area contributed by atoms with Crippen molar-refractivity contribution in [1.82, 2.24) is 10.3 Å². The second-order valence-electron chi connectivity index (χ2n) is 5.32. The van der Waals surface area contributed by atoms with Crippen LogP contribution in [-0.4, -0.2) is 11.0 Å². The fraction of sp³-hybridized carbons (Fsp3) is 0.0500. The number of nitrogens with one attached hydrogen (secondary N) is 2. The molecule has 0 aliphatic carbocycles. The number of para-hydroxylation sites is 1. The summed E-state index contributed by atoms with van der Waals surface area (Å²) in [4.78, 5) is 19.5. The van der Waals surface area contributed by atoms with E-state index in [0.717, 1.165) is 16.7 Å². The van der Waals surface area contributed by atoms with Crippen molar-refractivity contribution in [2.24, 2.45) is 0 Å². The number of anilines is 1. The molecule has 0 spiro atoms. The van der Waals surface area contributed by atoms with E-state index in [0.29, 0.717) is 23.1 Å². The van der Waals surface area contributed by atoms with Gasteiger partial charge >= 0.3 is 6.03 Å². The summed E-state index contributed by atoms with van der Waals surface area (Å²) in [5, 5.41) is 7.63. The molecule has 0 fully saturated rings. The van der Waals surface area contributed by atoms with E-state index in [-0.39, 0.29) is 6.03 Å². The molecule has 0 atom stereocenters. The molecule has 2 amide bonds. The molecule has 3 aromatic rings. The molecule has 1 aromatic heterocycles. The third kappa shape index (κ3) is 4.07. The summed E-state index contributed by atoms with van der Waals surface area (Å²) in [5.74, 6) is 2.86. The zero-order chi connectivity index (χ0) is 18.4. The molecule has 0 saturated heterocycles. The van der Waals surface area contributed by atoms with Crippen molar-refractivity contribution in [3.63, 3.8) is 0 Å². The quantitative estimate of drug-likeness (QED) is 0.526. The van der Waals surface area contributed by atoms with Gasteiger partial charge in [-0.2, -0.15) is 0 Å². The highest BCUT2D eigenvalue weighted by atomic mass is 32.1. The Bertz CT molecular complexity index is 1010. The number of aromatic nitrogens is 1. The van der Waals surface area contributed by atoms with Crippen LogP contribution in [0.25, 0.3) is 16.0 Å². The second kappa shape index (κ2) is 7.98.